The summed E-state index contributed by atoms with van der Waals surface area (Å²) in [5.74, 6) is -1.98. The molecule has 28 heavy (non-hydrogen) atoms. The minimum Gasteiger partial charge on any atom is -0.490 e. The van der Waals surface area contributed by atoms with Crippen molar-refractivity contribution in [2.45, 2.75) is 31.3 Å². The van der Waals surface area contributed by atoms with Crippen molar-refractivity contribution in [1.29, 1.82) is 0 Å². The van der Waals surface area contributed by atoms with Crippen LogP contribution in [-0.4, -0.2) is 29.7 Å². The van der Waals surface area contributed by atoms with Crippen molar-refractivity contribution in [3.8, 4) is 17.0 Å². The Kier molecular flexibility index (Phi) is 4.75. The fourth-order valence-corrected chi connectivity index (χ4v) is 3.83. The summed E-state index contributed by atoms with van der Waals surface area (Å²) >= 11 is 5.68. The normalized spacial score (nSPS) is 20.2. The molecular formula is C20H19ClF2N2O3. The zero-order valence-electron chi connectivity index (χ0n) is 15.1. The van der Waals surface area contributed by atoms with Gasteiger partial charge in [0, 0.05) is 17.0 Å². The maximum atomic E-state index is 14.6. The standard InChI is InChI=1S/C20H19ClF2N2O3/c1-10-7-28-19-13(10)6-15(20(27,8-24-9-26)11-2-3-11)25-18(19)12-4-5-14(21)17(23)16(12)22/h4-6,9-11,27H,2-3,7-8H2,1H3,(H,24,26). The van der Waals surface area contributed by atoms with Crippen molar-refractivity contribution < 1.29 is 23.4 Å². The number of pyridine rings is 1. The fraction of sp³-hybridized carbons (Fsp3) is 0.400. The SMILES string of the molecule is CC1COc2c1cc(C(O)(CNC=O)C1CC1)nc2-c1ccc(Cl)c(F)c1F. The highest BCUT2D eigenvalue weighted by molar-refractivity contribution is 6.30. The van der Waals surface area contributed by atoms with Crippen LogP contribution >= 0.6 is 11.6 Å². The Hall–Kier alpha value is -2.25. The van der Waals surface area contributed by atoms with Gasteiger partial charge in [0.1, 0.15) is 17.0 Å². The Labute approximate surface area is 165 Å². The smallest absolute Gasteiger partial charge is 0.207 e. The minimum atomic E-state index is -1.39. The van der Waals surface area contributed by atoms with Gasteiger partial charge in [0.05, 0.1) is 23.9 Å². The van der Waals surface area contributed by atoms with Crippen LogP contribution < -0.4 is 10.1 Å². The van der Waals surface area contributed by atoms with Gasteiger partial charge >= 0.3 is 0 Å². The van der Waals surface area contributed by atoms with Crippen molar-refractivity contribution in [2.75, 3.05) is 13.2 Å². The lowest BCUT2D eigenvalue weighted by atomic mass is 9.89. The second-order valence-corrected chi connectivity index (χ2v) is 7.81. The number of hydrogen-bond donors (Lipinski definition) is 2. The van der Waals surface area contributed by atoms with Gasteiger partial charge in [-0.15, -0.1) is 0 Å². The van der Waals surface area contributed by atoms with Crippen molar-refractivity contribution in [2.24, 2.45) is 5.92 Å². The number of aliphatic hydroxyl groups is 1. The van der Waals surface area contributed by atoms with E-state index in [0.29, 0.717) is 24.5 Å². The second kappa shape index (κ2) is 6.97. The van der Waals surface area contributed by atoms with Crippen molar-refractivity contribution >= 4 is 18.0 Å². The van der Waals surface area contributed by atoms with Crippen molar-refractivity contribution in [3.63, 3.8) is 0 Å². The Balaban J connectivity index is 1.92. The maximum Gasteiger partial charge on any atom is 0.207 e. The number of nitrogens with zero attached hydrogens (tertiary/aromatic N) is 1. The van der Waals surface area contributed by atoms with Gasteiger partial charge in [0.25, 0.3) is 0 Å². The number of rotatable bonds is 6. The van der Waals surface area contributed by atoms with E-state index in [1.165, 1.54) is 12.1 Å². The molecule has 2 atom stereocenters. The molecule has 2 heterocycles. The average Bonchev–Trinajstić information content (AvgIpc) is 3.48. The summed E-state index contributed by atoms with van der Waals surface area (Å²) in [6.45, 7) is 2.30. The Morgan fingerprint density at radius 1 is 1.39 bits per heavy atom. The summed E-state index contributed by atoms with van der Waals surface area (Å²) in [7, 11) is 0. The van der Waals surface area contributed by atoms with Crippen LogP contribution in [-0.2, 0) is 10.4 Å². The van der Waals surface area contributed by atoms with Crippen LogP contribution in [0.15, 0.2) is 18.2 Å². The molecule has 2 aliphatic rings. The highest BCUT2D eigenvalue weighted by Gasteiger charge is 2.47. The number of nitrogens with one attached hydrogen (secondary N) is 1. The molecule has 5 nitrogen and oxygen atoms in total. The summed E-state index contributed by atoms with van der Waals surface area (Å²) in [5, 5.41) is 13.5. The van der Waals surface area contributed by atoms with E-state index in [9.17, 15) is 18.7 Å². The molecule has 148 valence electrons. The van der Waals surface area contributed by atoms with E-state index < -0.39 is 17.2 Å². The van der Waals surface area contributed by atoms with E-state index >= 15 is 0 Å². The van der Waals surface area contributed by atoms with E-state index in [4.69, 9.17) is 16.3 Å². The molecule has 0 bridgehead atoms. The van der Waals surface area contributed by atoms with Gasteiger partial charge in [-0.25, -0.2) is 13.8 Å². The van der Waals surface area contributed by atoms with Crippen LogP contribution in [0, 0.1) is 17.6 Å². The molecule has 2 aromatic rings. The predicted molar refractivity (Wildman–Crippen MR) is 99.2 cm³/mol. The molecule has 1 aromatic carbocycles. The van der Waals surface area contributed by atoms with E-state index in [1.54, 1.807) is 6.07 Å². The largest absolute Gasteiger partial charge is 0.490 e. The first-order valence-corrected chi connectivity index (χ1v) is 9.46. The van der Waals surface area contributed by atoms with E-state index in [1.807, 2.05) is 6.92 Å². The molecule has 1 aromatic heterocycles. The molecule has 2 N–H and O–H groups in total. The first kappa shape index (κ1) is 19.1. The van der Waals surface area contributed by atoms with Gasteiger partial charge in [0.15, 0.2) is 11.6 Å². The average molecular weight is 409 g/mol. The maximum absolute atomic E-state index is 14.6. The molecular weight excluding hydrogens is 390 g/mol. The van der Waals surface area contributed by atoms with E-state index in [2.05, 4.69) is 10.3 Å². The summed E-state index contributed by atoms with van der Waals surface area (Å²) < 4.78 is 34.4. The van der Waals surface area contributed by atoms with Crippen LogP contribution in [0.3, 0.4) is 0 Å². The first-order valence-electron chi connectivity index (χ1n) is 9.08. The molecule has 1 fully saturated rings. The lowest BCUT2D eigenvalue weighted by molar-refractivity contribution is -0.111. The molecule has 1 amide bonds. The fourth-order valence-electron chi connectivity index (χ4n) is 3.68. The number of halogens is 3. The highest BCUT2D eigenvalue weighted by Crippen LogP contribution is 2.49. The number of hydrogen-bond acceptors (Lipinski definition) is 4. The minimum absolute atomic E-state index is 0.00167. The third-order valence-corrected chi connectivity index (χ3v) is 5.74. The number of ether oxygens (including phenoxy) is 1. The van der Waals surface area contributed by atoms with Crippen LogP contribution in [0.2, 0.25) is 5.02 Å². The topological polar surface area (TPSA) is 71.5 Å². The van der Waals surface area contributed by atoms with E-state index in [0.717, 1.165) is 18.4 Å². The quantitative estimate of drug-likeness (QED) is 0.566. The Morgan fingerprint density at radius 2 is 2.14 bits per heavy atom. The lowest BCUT2D eigenvalue weighted by Crippen LogP contribution is -2.40. The van der Waals surface area contributed by atoms with Crippen LogP contribution in [0.25, 0.3) is 11.3 Å². The number of aromatic nitrogens is 1. The number of amides is 1. The molecule has 1 saturated carbocycles. The molecule has 8 heteroatoms. The van der Waals surface area contributed by atoms with Gasteiger partial charge < -0.3 is 15.2 Å². The zero-order valence-corrected chi connectivity index (χ0v) is 15.9. The van der Waals surface area contributed by atoms with Gasteiger partial charge in [-0.3, -0.25) is 4.79 Å². The summed E-state index contributed by atoms with van der Waals surface area (Å²) in [5.41, 5.74) is -0.287. The van der Waals surface area contributed by atoms with Crippen LogP contribution in [0.5, 0.6) is 5.75 Å². The molecule has 1 aliphatic heterocycles. The van der Waals surface area contributed by atoms with Crippen molar-refractivity contribution in [3.05, 3.63) is 46.1 Å². The summed E-state index contributed by atoms with van der Waals surface area (Å²) in [4.78, 5) is 15.3. The predicted octanol–water partition coefficient (Wildman–Crippen LogP) is 3.52. The summed E-state index contributed by atoms with van der Waals surface area (Å²) in [6.07, 6.45) is 2.10. The number of carbonyl (C=O) groups excluding carboxylic acids is 1. The first-order chi connectivity index (χ1) is 13.4. The van der Waals surface area contributed by atoms with Gasteiger partial charge in [-0.05, 0) is 37.0 Å². The number of benzene rings is 1. The van der Waals surface area contributed by atoms with Gasteiger partial charge in [-0.2, -0.15) is 0 Å². The third kappa shape index (κ3) is 3.02. The molecule has 0 saturated heterocycles. The third-order valence-electron chi connectivity index (χ3n) is 5.45. The van der Waals surface area contributed by atoms with Crippen LogP contribution in [0.1, 0.15) is 36.9 Å². The second-order valence-electron chi connectivity index (χ2n) is 7.41. The number of carbonyl (C=O) groups is 1. The molecule has 0 radical (unpaired) electrons. The molecule has 1 aliphatic carbocycles. The molecule has 0 spiro atoms. The van der Waals surface area contributed by atoms with Crippen molar-refractivity contribution in [1.82, 2.24) is 10.3 Å². The zero-order chi connectivity index (χ0) is 20.1. The highest BCUT2D eigenvalue weighted by atomic mass is 35.5. The molecule has 2 unspecified atom stereocenters. The Morgan fingerprint density at radius 3 is 2.82 bits per heavy atom. The number of fused-ring (bicyclic) bond motifs is 1. The monoisotopic (exact) mass is 408 g/mol. The van der Waals surface area contributed by atoms with Gasteiger partial charge in [-0.1, -0.05) is 18.5 Å². The summed E-state index contributed by atoms with van der Waals surface area (Å²) in [6, 6.07) is 4.35. The molecule has 4 rings (SSSR count). The van der Waals surface area contributed by atoms with Gasteiger partial charge in [0.2, 0.25) is 6.41 Å². The van der Waals surface area contributed by atoms with E-state index in [-0.39, 0.29) is 34.7 Å². The lowest BCUT2D eigenvalue weighted by Gasteiger charge is -2.28. The Bertz CT molecular complexity index is 952. The van der Waals surface area contributed by atoms with Crippen LogP contribution in [0.4, 0.5) is 8.78 Å².